The fraction of sp³-hybridized carbons (Fsp3) is 0.200. The van der Waals surface area contributed by atoms with Crippen LogP contribution in [0.2, 0.25) is 0 Å². The lowest BCUT2D eigenvalue weighted by molar-refractivity contribution is -0.525. The highest BCUT2D eigenvalue weighted by Gasteiger charge is 2.37. The number of para-hydroxylation sites is 1. The number of nitrogens with zero attached hydrogens (tertiary/aromatic N) is 1. The molecule has 0 saturated heterocycles. The highest BCUT2D eigenvalue weighted by molar-refractivity contribution is 9.10. The fourth-order valence-corrected chi connectivity index (χ4v) is 2.88. The van der Waals surface area contributed by atoms with Crippen molar-refractivity contribution >= 4 is 21.6 Å². The molecule has 102 valence electrons. The molecule has 1 aliphatic rings. The largest absolute Gasteiger partial charge is 0.372 e. The van der Waals surface area contributed by atoms with Gasteiger partial charge in [0.2, 0.25) is 6.04 Å². The van der Waals surface area contributed by atoms with Crippen molar-refractivity contribution in [2.24, 2.45) is 0 Å². The topological polar surface area (TPSA) is 55.2 Å². The maximum atomic E-state index is 11.4. The molecule has 0 amide bonds. The minimum Gasteiger partial charge on any atom is -0.372 e. The zero-order chi connectivity index (χ0) is 14.1. The molecule has 4 nitrogen and oxygen atoms in total. The minimum atomic E-state index is -0.647. The molecular formula is C15H13BrN2O2. The summed E-state index contributed by atoms with van der Waals surface area (Å²) in [6.07, 6.45) is 0.455. The number of fused-ring (bicyclic) bond motifs is 1. The first-order valence-corrected chi connectivity index (χ1v) is 7.18. The van der Waals surface area contributed by atoms with Gasteiger partial charge in [0.15, 0.2) is 0 Å². The van der Waals surface area contributed by atoms with Gasteiger partial charge in [-0.15, -0.1) is 0 Å². The molecule has 0 fully saturated rings. The fourth-order valence-electron chi connectivity index (χ4n) is 2.62. The number of nitro groups is 1. The Morgan fingerprint density at radius 1 is 1.15 bits per heavy atom. The molecule has 0 aromatic heterocycles. The number of hydrogen-bond donors (Lipinski definition) is 1. The summed E-state index contributed by atoms with van der Waals surface area (Å²) in [5.74, 6) is 0. The summed E-state index contributed by atoms with van der Waals surface area (Å²) in [5.41, 5.74) is 2.92. The molecule has 0 aliphatic carbocycles. The first-order chi connectivity index (χ1) is 9.65. The van der Waals surface area contributed by atoms with Crippen LogP contribution in [0.25, 0.3) is 0 Å². The molecule has 2 aromatic carbocycles. The van der Waals surface area contributed by atoms with Gasteiger partial charge in [-0.1, -0.05) is 46.3 Å². The molecule has 1 heterocycles. The van der Waals surface area contributed by atoms with Crippen molar-refractivity contribution in [1.29, 1.82) is 0 Å². The maximum Gasteiger partial charge on any atom is 0.241 e. The normalized spacial score (nSPS) is 20.9. The van der Waals surface area contributed by atoms with Crippen LogP contribution in [-0.4, -0.2) is 11.0 Å². The van der Waals surface area contributed by atoms with Crippen LogP contribution in [0.4, 0.5) is 5.69 Å². The molecule has 0 spiro atoms. The molecule has 0 bridgehead atoms. The van der Waals surface area contributed by atoms with E-state index in [0.29, 0.717) is 6.42 Å². The van der Waals surface area contributed by atoms with E-state index < -0.39 is 6.04 Å². The van der Waals surface area contributed by atoms with Crippen LogP contribution in [0.3, 0.4) is 0 Å². The van der Waals surface area contributed by atoms with Crippen molar-refractivity contribution < 1.29 is 4.92 Å². The smallest absolute Gasteiger partial charge is 0.241 e. The van der Waals surface area contributed by atoms with E-state index in [2.05, 4.69) is 21.2 Å². The second-order valence-electron chi connectivity index (χ2n) is 4.89. The highest BCUT2D eigenvalue weighted by atomic mass is 79.9. The molecule has 20 heavy (non-hydrogen) atoms. The summed E-state index contributed by atoms with van der Waals surface area (Å²) < 4.78 is 0.968. The Morgan fingerprint density at radius 2 is 1.85 bits per heavy atom. The van der Waals surface area contributed by atoms with Gasteiger partial charge in [0.25, 0.3) is 0 Å². The van der Waals surface area contributed by atoms with E-state index in [1.54, 1.807) is 0 Å². The number of halogens is 1. The first kappa shape index (κ1) is 13.1. The summed E-state index contributed by atoms with van der Waals surface area (Å²) in [4.78, 5) is 11.2. The van der Waals surface area contributed by atoms with Gasteiger partial charge in [0, 0.05) is 21.5 Å². The third-order valence-electron chi connectivity index (χ3n) is 3.64. The number of benzene rings is 2. The second kappa shape index (κ2) is 5.25. The predicted molar refractivity (Wildman–Crippen MR) is 81.4 cm³/mol. The monoisotopic (exact) mass is 332 g/mol. The Balaban J connectivity index is 2.00. The van der Waals surface area contributed by atoms with Gasteiger partial charge in [-0.25, -0.2) is 0 Å². The number of anilines is 1. The Morgan fingerprint density at radius 3 is 2.55 bits per heavy atom. The van der Waals surface area contributed by atoms with E-state index in [0.717, 1.165) is 21.3 Å². The van der Waals surface area contributed by atoms with Crippen molar-refractivity contribution in [2.75, 3.05) is 5.32 Å². The molecule has 2 aromatic rings. The van der Waals surface area contributed by atoms with Gasteiger partial charge >= 0.3 is 0 Å². The lowest BCUT2D eigenvalue weighted by Gasteiger charge is -2.29. The Bertz CT molecular complexity index is 643. The van der Waals surface area contributed by atoms with Crippen LogP contribution in [-0.2, 0) is 6.42 Å². The van der Waals surface area contributed by atoms with Crippen molar-refractivity contribution in [2.45, 2.75) is 18.5 Å². The summed E-state index contributed by atoms with van der Waals surface area (Å²) in [6.45, 7) is 0. The van der Waals surface area contributed by atoms with Crippen LogP contribution < -0.4 is 5.32 Å². The van der Waals surface area contributed by atoms with E-state index in [1.165, 1.54) is 0 Å². The molecule has 0 saturated carbocycles. The van der Waals surface area contributed by atoms with Gasteiger partial charge in [-0.05, 0) is 29.3 Å². The molecule has 1 aliphatic heterocycles. The van der Waals surface area contributed by atoms with Crippen molar-refractivity contribution in [1.82, 2.24) is 0 Å². The molecule has 3 rings (SSSR count). The summed E-state index contributed by atoms with van der Waals surface area (Å²) in [5, 5.41) is 14.7. The quantitative estimate of drug-likeness (QED) is 0.672. The number of hydrogen-bond acceptors (Lipinski definition) is 3. The van der Waals surface area contributed by atoms with Crippen LogP contribution >= 0.6 is 15.9 Å². The van der Waals surface area contributed by atoms with Gasteiger partial charge in [-0.3, -0.25) is 10.1 Å². The van der Waals surface area contributed by atoms with Crippen molar-refractivity contribution in [3.05, 3.63) is 74.2 Å². The van der Waals surface area contributed by atoms with Crippen molar-refractivity contribution in [3.8, 4) is 0 Å². The second-order valence-corrected chi connectivity index (χ2v) is 5.80. The molecule has 0 unspecified atom stereocenters. The Kier molecular flexibility index (Phi) is 3.44. The molecule has 5 heteroatoms. The predicted octanol–water partition coefficient (Wildman–Crippen LogP) is 3.80. The van der Waals surface area contributed by atoms with Crippen LogP contribution in [0.1, 0.15) is 17.2 Å². The van der Waals surface area contributed by atoms with Crippen LogP contribution in [0, 0.1) is 10.1 Å². The third kappa shape index (κ3) is 2.41. The van der Waals surface area contributed by atoms with Gasteiger partial charge in [0.05, 0.1) is 0 Å². The molecular weight excluding hydrogens is 320 g/mol. The van der Waals surface area contributed by atoms with Crippen molar-refractivity contribution in [3.63, 3.8) is 0 Å². The zero-order valence-electron chi connectivity index (χ0n) is 10.6. The summed E-state index contributed by atoms with van der Waals surface area (Å²) in [7, 11) is 0. The van der Waals surface area contributed by atoms with E-state index >= 15 is 0 Å². The van der Waals surface area contributed by atoms with Crippen LogP contribution in [0.15, 0.2) is 53.0 Å². The van der Waals surface area contributed by atoms with Gasteiger partial charge < -0.3 is 5.32 Å². The Labute approximate surface area is 125 Å². The van der Waals surface area contributed by atoms with Crippen LogP contribution in [0.5, 0.6) is 0 Å². The lowest BCUT2D eigenvalue weighted by atomic mass is 9.89. The first-order valence-electron chi connectivity index (χ1n) is 6.38. The number of nitrogens with one attached hydrogen (secondary N) is 1. The van der Waals surface area contributed by atoms with E-state index in [9.17, 15) is 10.1 Å². The van der Waals surface area contributed by atoms with E-state index in [1.807, 2.05) is 48.5 Å². The average molecular weight is 333 g/mol. The summed E-state index contributed by atoms with van der Waals surface area (Å²) in [6, 6.07) is 14.5. The highest BCUT2D eigenvalue weighted by Crippen LogP contribution is 2.34. The average Bonchev–Trinajstić information content (AvgIpc) is 2.46. The molecule has 1 N–H and O–H groups in total. The molecule has 0 radical (unpaired) electrons. The number of rotatable bonds is 2. The van der Waals surface area contributed by atoms with Gasteiger partial charge in [0.1, 0.15) is 6.04 Å². The zero-order valence-corrected chi connectivity index (χ0v) is 12.2. The summed E-state index contributed by atoms with van der Waals surface area (Å²) >= 11 is 3.39. The SMILES string of the molecule is O=[N+]([O-])[C@H]1Cc2ccccc2N[C@H]1c1ccc(Br)cc1. The Hall–Kier alpha value is -1.88. The molecule has 2 atom stereocenters. The van der Waals surface area contributed by atoms with E-state index in [-0.39, 0.29) is 11.0 Å². The minimum absolute atomic E-state index is 0.185. The van der Waals surface area contributed by atoms with E-state index in [4.69, 9.17) is 0 Å². The standard InChI is InChI=1S/C15H13BrN2O2/c16-12-7-5-10(6-8-12)15-14(18(19)20)9-11-3-1-2-4-13(11)17-15/h1-8,14-15,17H,9H2/t14-,15-/m0/s1. The lowest BCUT2D eigenvalue weighted by Crippen LogP contribution is -2.38. The maximum absolute atomic E-state index is 11.4. The third-order valence-corrected chi connectivity index (χ3v) is 4.17. The van der Waals surface area contributed by atoms with Gasteiger partial charge in [-0.2, -0.15) is 0 Å².